The fourth-order valence-electron chi connectivity index (χ4n) is 2.12. The lowest BCUT2D eigenvalue weighted by atomic mass is 9.96. The van der Waals surface area contributed by atoms with Gasteiger partial charge in [0.2, 0.25) is 0 Å². The van der Waals surface area contributed by atoms with Crippen LogP contribution in [0.5, 0.6) is 5.75 Å². The maximum absolute atomic E-state index is 9.38. The minimum absolute atomic E-state index is 0.0417. The van der Waals surface area contributed by atoms with Gasteiger partial charge in [-0.2, -0.15) is 0 Å². The molecular formula is C11H14O3. The minimum Gasteiger partial charge on any atom is -0.508 e. The normalized spacial score (nSPS) is 25.0. The van der Waals surface area contributed by atoms with Crippen LogP contribution in [0.15, 0.2) is 18.2 Å². The summed E-state index contributed by atoms with van der Waals surface area (Å²) in [5.74, 6) is 0.223. The number of ether oxygens (including phenoxy) is 1. The number of aliphatic hydroxyl groups excluding tert-OH is 1. The Kier molecular flexibility index (Phi) is 2.21. The van der Waals surface area contributed by atoms with Crippen molar-refractivity contribution in [3.63, 3.8) is 0 Å². The summed E-state index contributed by atoms with van der Waals surface area (Å²) in [5, 5.41) is 18.7. The van der Waals surface area contributed by atoms with Crippen LogP contribution < -0.4 is 0 Å². The van der Waals surface area contributed by atoms with Gasteiger partial charge in [0.05, 0.1) is 6.61 Å². The van der Waals surface area contributed by atoms with Crippen molar-refractivity contribution in [2.45, 2.75) is 18.4 Å². The quantitative estimate of drug-likeness (QED) is 0.743. The first-order chi connectivity index (χ1) is 6.72. The molecule has 0 spiro atoms. The third-order valence-electron chi connectivity index (χ3n) is 3.03. The summed E-state index contributed by atoms with van der Waals surface area (Å²) in [7, 11) is 1.59. The number of aromatic hydroxyl groups is 1. The largest absolute Gasteiger partial charge is 0.508 e. The van der Waals surface area contributed by atoms with Crippen molar-refractivity contribution in [3.05, 3.63) is 29.3 Å². The summed E-state index contributed by atoms with van der Waals surface area (Å²) in [6.07, 6.45) is 1.67. The van der Waals surface area contributed by atoms with Gasteiger partial charge in [0.1, 0.15) is 11.4 Å². The number of phenols is 1. The molecule has 0 heterocycles. The molecule has 0 radical (unpaired) electrons. The lowest BCUT2D eigenvalue weighted by Gasteiger charge is -2.26. The predicted molar refractivity (Wildman–Crippen MR) is 52.2 cm³/mol. The molecule has 2 rings (SSSR count). The van der Waals surface area contributed by atoms with Crippen molar-refractivity contribution in [1.29, 1.82) is 0 Å². The molecule has 3 heteroatoms. The first-order valence-corrected chi connectivity index (χ1v) is 4.70. The fraction of sp³-hybridized carbons (Fsp3) is 0.455. The molecule has 14 heavy (non-hydrogen) atoms. The van der Waals surface area contributed by atoms with E-state index in [0.29, 0.717) is 0 Å². The molecule has 3 nitrogen and oxygen atoms in total. The highest BCUT2D eigenvalue weighted by Gasteiger charge is 2.38. The predicted octanol–water partition coefficient (Wildman–Crippen LogP) is 1.17. The Balaban J connectivity index is 2.51. The molecule has 76 valence electrons. The molecule has 1 unspecified atom stereocenters. The second-order valence-electron chi connectivity index (χ2n) is 3.70. The molecule has 1 aromatic carbocycles. The van der Waals surface area contributed by atoms with E-state index in [1.807, 2.05) is 6.07 Å². The highest BCUT2D eigenvalue weighted by Crippen LogP contribution is 2.40. The molecule has 1 aliphatic rings. The monoisotopic (exact) mass is 194 g/mol. The number of benzene rings is 1. The maximum atomic E-state index is 9.38. The molecular weight excluding hydrogens is 180 g/mol. The second-order valence-corrected chi connectivity index (χ2v) is 3.70. The Morgan fingerprint density at radius 2 is 2.29 bits per heavy atom. The maximum Gasteiger partial charge on any atom is 0.116 e. The molecule has 1 aliphatic carbocycles. The topological polar surface area (TPSA) is 49.7 Å². The van der Waals surface area contributed by atoms with Crippen molar-refractivity contribution < 1.29 is 14.9 Å². The molecule has 2 N–H and O–H groups in total. The third kappa shape index (κ3) is 1.21. The van der Waals surface area contributed by atoms with Crippen molar-refractivity contribution in [2.24, 2.45) is 0 Å². The first-order valence-electron chi connectivity index (χ1n) is 4.70. The van der Waals surface area contributed by atoms with Gasteiger partial charge >= 0.3 is 0 Å². The van der Waals surface area contributed by atoms with Crippen molar-refractivity contribution in [3.8, 4) is 5.75 Å². The van der Waals surface area contributed by atoms with Crippen LogP contribution in [0, 0.1) is 0 Å². The van der Waals surface area contributed by atoms with Crippen LogP contribution in [-0.2, 0) is 16.8 Å². The zero-order chi connectivity index (χ0) is 10.2. The van der Waals surface area contributed by atoms with Gasteiger partial charge in [0, 0.05) is 7.11 Å². The number of hydrogen-bond acceptors (Lipinski definition) is 3. The minimum atomic E-state index is -0.603. The molecule has 0 fully saturated rings. The molecule has 0 aliphatic heterocycles. The molecule has 1 atom stereocenters. The zero-order valence-corrected chi connectivity index (χ0v) is 8.16. The van der Waals surface area contributed by atoms with Gasteiger partial charge in [0.15, 0.2) is 0 Å². The number of hydrogen-bond donors (Lipinski definition) is 2. The Labute approximate surface area is 83.0 Å². The van der Waals surface area contributed by atoms with Crippen LogP contribution in [-0.4, -0.2) is 23.9 Å². The number of phenolic OH excluding ortho intramolecular Hbond substituents is 1. The third-order valence-corrected chi connectivity index (χ3v) is 3.03. The molecule has 0 saturated heterocycles. The van der Waals surface area contributed by atoms with Crippen LogP contribution in [0.25, 0.3) is 0 Å². The van der Waals surface area contributed by atoms with E-state index in [-0.39, 0.29) is 12.4 Å². The number of aliphatic hydroxyl groups is 1. The van der Waals surface area contributed by atoms with Gasteiger partial charge in [-0.3, -0.25) is 0 Å². The molecule has 0 amide bonds. The Hall–Kier alpha value is -1.06. The van der Waals surface area contributed by atoms with Gasteiger partial charge in [0.25, 0.3) is 0 Å². The summed E-state index contributed by atoms with van der Waals surface area (Å²) >= 11 is 0. The fourth-order valence-corrected chi connectivity index (χ4v) is 2.12. The highest BCUT2D eigenvalue weighted by molar-refractivity contribution is 5.42. The van der Waals surface area contributed by atoms with Crippen LogP contribution in [0.1, 0.15) is 17.5 Å². The van der Waals surface area contributed by atoms with Gasteiger partial charge < -0.3 is 14.9 Å². The van der Waals surface area contributed by atoms with Crippen molar-refractivity contribution >= 4 is 0 Å². The summed E-state index contributed by atoms with van der Waals surface area (Å²) in [4.78, 5) is 0. The Bertz CT molecular complexity index is 342. The van der Waals surface area contributed by atoms with E-state index in [1.165, 1.54) is 0 Å². The van der Waals surface area contributed by atoms with Crippen LogP contribution in [0.4, 0.5) is 0 Å². The van der Waals surface area contributed by atoms with Gasteiger partial charge in [-0.25, -0.2) is 0 Å². The lowest BCUT2D eigenvalue weighted by Crippen LogP contribution is -2.29. The van der Waals surface area contributed by atoms with E-state index in [4.69, 9.17) is 4.74 Å². The van der Waals surface area contributed by atoms with E-state index < -0.39 is 5.60 Å². The average molecular weight is 194 g/mol. The number of fused-ring (bicyclic) bond motifs is 1. The van der Waals surface area contributed by atoms with E-state index in [1.54, 1.807) is 19.2 Å². The Morgan fingerprint density at radius 1 is 1.50 bits per heavy atom. The molecule has 0 bridgehead atoms. The second kappa shape index (κ2) is 3.26. The van der Waals surface area contributed by atoms with Gasteiger partial charge in [-0.15, -0.1) is 0 Å². The van der Waals surface area contributed by atoms with E-state index >= 15 is 0 Å². The number of aryl methyl sites for hydroxylation is 1. The highest BCUT2D eigenvalue weighted by atomic mass is 16.5. The summed E-state index contributed by atoms with van der Waals surface area (Å²) in [6.45, 7) is -0.0417. The first kappa shape index (κ1) is 9.49. The number of rotatable bonds is 2. The van der Waals surface area contributed by atoms with E-state index in [9.17, 15) is 10.2 Å². The molecule has 0 aromatic heterocycles. The SMILES string of the molecule is COC1(CO)CCc2ccc(O)cc21. The molecule has 1 aromatic rings. The summed E-state index contributed by atoms with van der Waals surface area (Å²) < 4.78 is 5.37. The van der Waals surface area contributed by atoms with Gasteiger partial charge in [-0.05, 0) is 36.1 Å². The van der Waals surface area contributed by atoms with E-state index in [2.05, 4.69) is 0 Å². The van der Waals surface area contributed by atoms with Crippen molar-refractivity contribution in [1.82, 2.24) is 0 Å². The smallest absolute Gasteiger partial charge is 0.116 e. The van der Waals surface area contributed by atoms with E-state index in [0.717, 1.165) is 24.0 Å². The average Bonchev–Trinajstić information content (AvgIpc) is 2.57. The molecule has 0 saturated carbocycles. The lowest BCUT2D eigenvalue weighted by molar-refractivity contribution is -0.0554. The zero-order valence-electron chi connectivity index (χ0n) is 8.16. The summed E-state index contributed by atoms with van der Waals surface area (Å²) in [5.41, 5.74) is 1.47. The number of methoxy groups -OCH3 is 1. The van der Waals surface area contributed by atoms with Crippen LogP contribution in [0.3, 0.4) is 0 Å². The Morgan fingerprint density at radius 3 is 2.93 bits per heavy atom. The van der Waals surface area contributed by atoms with Crippen LogP contribution in [0.2, 0.25) is 0 Å². The van der Waals surface area contributed by atoms with Gasteiger partial charge in [-0.1, -0.05) is 6.07 Å². The van der Waals surface area contributed by atoms with Crippen molar-refractivity contribution in [2.75, 3.05) is 13.7 Å². The summed E-state index contributed by atoms with van der Waals surface area (Å²) in [6, 6.07) is 5.24. The van der Waals surface area contributed by atoms with Crippen LogP contribution >= 0.6 is 0 Å². The standard InChI is InChI=1S/C11H14O3/c1-14-11(7-12)5-4-8-2-3-9(13)6-10(8)11/h2-3,6,12-13H,4-5,7H2,1H3.